The van der Waals surface area contributed by atoms with Crippen LogP contribution < -0.4 is 5.32 Å². The van der Waals surface area contributed by atoms with Crippen LogP contribution >= 0.6 is 11.3 Å². The summed E-state index contributed by atoms with van der Waals surface area (Å²) < 4.78 is 0. The number of rotatable bonds is 6. The highest BCUT2D eigenvalue weighted by molar-refractivity contribution is 7.09. The van der Waals surface area contributed by atoms with Crippen molar-refractivity contribution in [2.75, 3.05) is 19.6 Å². The molecular weight excluding hydrogens is 436 g/mol. The van der Waals surface area contributed by atoms with Crippen LogP contribution in [0, 0.1) is 11.8 Å². The van der Waals surface area contributed by atoms with Crippen molar-refractivity contribution in [3.05, 3.63) is 52.5 Å². The van der Waals surface area contributed by atoms with Crippen LogP contribution in [0.5, 0.6) is 0 Å². The molecule has 0 aromatic carbocycles. The number of carbonyl (C=O) groups excluding carboxylic acids is 3. The van der Waals surface area contributed by atoms with Crippen LogP contribution in [0.3, 0.4) is 0 Å². The second-order valence-electron chi connectivity index (χ2n) is 9.35. The third-order valence-electron chi connectivity index (χ3n) is 7.53. The van der Waals surface area contributed by atoms with Crippen molar-refractivity contribution in [3.8, 4) is 0 Å². The minimum atomic E-state index is -1.12. The highest BCUT2D eigenvalue weighted by Crippen LogP contribution is 2.41. The minimum absolute atomic E-state index is 0.0856. The predicted octanol–water partition coefficient (Wildman–Crippen LogP) is 3.56. The molecule has 0 unspecified atom stereocenters. The molecule has 2 aromatic rings. The third-order valence-corrected chi connectivity index (χ3v) is 8.47. The Morgan fingerprint density at radius 1 is 1.12 bits per heavy atom. The molecule has 0 bridgehead atoms. The van der Waals surface area contributed by atoms with Crippen LogP contribution in [0.4, 0.5) is 4.79 Å². The maximum Gasteiger partial charge on any atom is 0.325 e. The van der Waals surface area contributed by atoms with E-state index in [9.17, 15) is 14.4 Å². The largest absolute Gasteiger partial charge is 0.342 e. The monoisotopic (exact) mass is 466 g/mol. The first-order chi connectivity index (χ1) is 16.1. The fourth-order valence-corrected chi connectivity index (χ4v) is 6.44. The van der Waals surface area contributed by atoms with E-state index in [1.807, 2.05) is 34.5 Å². The van der Waals surface area contributed by atoms with Gasteiger partial charge < -0.3 is 10.2 Å². The average molecular weight is 467 g/mol. The standard InChI is InChI=1S/C25H30N4O3S/c30-22(18-5-1-2-6-18)28-13-9-19(10-14-28)25(20-7-3-12-26-17-20)23(31)29(24(32)27-25)15-11-21-8-4-16-33-21/h3-4,7-8,12,16-19H,1-2,5-6,9-11,13-15H2,(H,27,32)/t25-/m1/s1. The van der Waals surface area contributed by atoms with Gasteiger partial charge in [0, 0.05) is 48.4 Å². The number of nitrogens with zero attached hydrogens (tertiary/aromatic N) is 3. The van der Waals surface area contributed by atoms with E-state index in [-0.39, 0.29) is 29.7 Å². The third kappa shape index (κ3) is 4.05. The van der Waals surface area contributed by atoms with Gasteiger partial charge in [-0.15, -0.1) is 11.3 Å². The van der Waals surface area contributed by atoms with Crippen molar-refractivity contribution < 1.29 is 14.4 Å². The van der Waals surface area contributed by atoms with Crippen molar-refractivity contribution in [3.63, 3.8) is 0 Å². The number of urea groups is 1. The highest BCUT2D eigenvalue weighted by atomic mass is 32.1. The first-order valence-electron chi connectivity index (χ1n) is 12.0. The number of likely N-dealkylation sites (tertiary alicyclic amines) is 1. The summed E-state index contributed by atoms with van der Waals surface area (Å²) in [7, 11) is 0. The summed E-state index contributed by atoms with van der Waals surface area (Å²) in [6.45, 7) is 1.60. The Kier molecular flexibility index (Phi) is 6.19. The van der Waals surface area contributed by atoms with Gasteiger partial charge in [0.15, 0.2) is 5.54 Å². The Hall–Kier alpha value is -2.74. The van der Waals surface area contributed by atoms with Crippen LogP contribution in [0.1, 0.15) is 49.0 Å². The molecule has 1 saturated carbocycles. The summed E-state index contributed by atoms with van der Waals surface area (Å²) in [6.07, 6.45) is 9.63. The summed E-state index contributed by atoms with van der Waals surface area (Å²) in [4.78, 5) is 48.5. The average Bonchev–Trinajstić information content (AvgIpc) is 3.61. The number of aromatic nitrogens is 1. The Bertz CT molecular complexity index is 998. The number of pyridine rings is 1. The van der Waals surface area contributed by atoms with Gasteiger partial charge >= 0.3 is 6.03 Å². The lowest BCUT2D eigenvalue weighted by atomic mass is 9.73. The van der Waals surface area contributed by atoms with Gasteiger partial charge in [-0.25, -0.2) is 4.79 Å². The van der Waals surface area contributed by atoms with Gasteiger partial charge in [-0.1, -0.05) is 25.0 Å². The van der Waals surface area contributed by atoms with Crippen LogP contribution in [0.2, 0.25) is 0 Å². The molecule has 1 N–H and O–H groups in total. The molecule has 5 rings (SSSR count). The number of nitrogens with one attached hydrogen (secondary N) is 1. The van der Waals surface area contributed by atoms with Gasteiger partial charge in [-0.2, -0.15) is 0 Å². The second kappa shape index (κ2) is 9.25. The Balaban J connectivity index is 1.36. The van der Waals surface area contributed by atoms with Gasteiger partial charge in [0.1, 0.15) is 0 Å². The van der Waals surface area contributed by atoms with Crippen molar-refractivity contribution >= 4 is 29.2 Å². The molecule has 3 aliphatic rings. The van der Waals surface area contributed by atoms with E-state index in [2.05, 4.69) is 10.3 Å². The zero-order valence-corrected chi connectivity index (χ0v) is 19.6. The molecule has 2 aliphatic heterocycles. The molecule has 7 nitrogen and oxygen atoms in total. The molecule has 3 fully saturated rings. The summed E-state index contributed by atoms with van der Waals surface area (Å²) >= 11 is 1.63. The zero-order chi connectivity index (χ0) is 22.8. The van der Waals surface area contributed by atoms with E-state index in [1.54, 1.807) is 23.7 Å². The fourth-order valence-electron chi connectivity index (χ4n) is 5.74. The summed E-state index contributed by atoms with van der Waals surface area (Å²) in [5.41, 5.74) is -0.397. The zero-order valence-electron chi connectivity index (χ0n) is 18.7. The minimum Gasteiger partial charge on any atom is -0.342 e. The van der Waals surface area contributed by atoms with E-state index in [1.165, 1.54) is 4.90 Å². The molecule has 0 radical (unpaired) electrons. The smallest absolute Gasteiger partial charge is 0.325 e. The van der Waals surface area contributed by atoms with E-state index >= 15 is 0 Å². The molecule has 1 atom stereocenters. The number of carbonyl (C=O) groups is 3. The summed E-state index contributed by atoms with van der Waals surface area (Å²) in [5, 5.41) is 5.08. The van der Waals surface area contributed by atoms with Gasteiger partial charge in [0.05, 0.1) is 0 Å². The van der Waals surface area contributed by atoms with Crippen molar-refractivity contribution in [2.45, 2.75) is 50.5 Å². The number of hydrogen-bond acceptors (Lipinski definition) is 5. The van der Waals surface area contributed by atoms with Crippen molar-refractivity contribution in [1.82, 2.24) is 20.1 Å². The molecule has 2 saturated heterocycles. The van der Waals surface area contributed by atoms with Crippen LogP contribution in [-0.2, 0) is 21.5 Å². The molecule has 4 heterocycles. The van der Waals surface area contributed by atoms with E-state index in [4.69, 9.17) is 0 Å². The van der Waals surface area contributed by atoms with Crippen LogP contribution in [0.25, 0.3) is 0 Å². The summed E-state index contributed by atoms with van der Waals surface area (Å²) in [6, 6.07) is 7.35. The van der Waals surface area contributed by atoms with E-state index in [0.29, 0.717) is 38.9 Å². The lowest BCUT2D eigenvalue weighted by Gasteiger charge is -2.41. The first-order valence-corrected chi connectivity index (χ1v) is 12.8. The van der Waals surface area contributed by atoms with Gasteiger partial charge in [0.2, 0.25) is 5.91 Å². The Labute approximate surface area is 198 Å². The van der Waals surface area contributed by atoms with Crippen LogP contribution in [-0.4, -0.2) is 52.3 Å². The topological polar surface area (TPSA) is 82.6 Å². The van der Waals surface area contributed by atoms with Gasteiger partial charge in [-0.3, -0.25) is 19.5 Å². The number of hydrogen-bond donors (Lipinski definition) is 1. The molecule has 33 heavy (non-hydrogen) atoms. The van der Waals surface area contributed by atoms with Gasteiger partial charge in [-0.05, 0) is 55.5 Å². The summed E-state index contributed by atoms with van der Waals surface area (Å²) in [5.74, 6) is 0.144. The molecule has 174 valence electrons. The molecule has 1 aliphatic carbocycles. The normalized spacial score (nSPS) is 24.5. The maximum atomic E-state index is 13.9. The lowest BCUT2D eigenvalue weighted by molar-refractivity contribution is -0.138. The molecule has 0 spiro atoms. The van der Waals surface area contributed by atoms with Crippen molar-refractivity contribution in [1.29, 1.82) is 0 Å². The Morgan fingerprint density at radius 2 is 1.91 bits per heavy atom. The second-order valence-corrected chi connectivity index (χ2v) is 10.4. The number of amides is 4. The van der Waals surface area contributed by atoms with Crippen molar-refractivity contribution in [2.24, 2.45) is 11.8 Å². The quantitative estimate of drug-likeness (QED) is 0.660. The predicted molar refractivity (Wildman–Crippen MR) is 125 cm³/mol. The lowest BCUT2D eigenvalue weighted by Crippen LogP contribution is -2.54. The maximum absolute atomic E-state index is 13.9. The highest BCUT2D eigenvalue weighted by Gasteiger charge is 2.57. The fraction of sp³-hybridized carbons (Fsp3) is 0.520. The molecule has 8 heteroatoms. The SMILES string of the molecule is O=C(C1CCCC1)N1CCC([C@]2(c3cccnc3)NC(=O)N(CCc3cccs3)C2=O)CC1. The number of thiophene rings is 1. The molecular formula is C25H30N4O3S. The molecule has 2 aromatic heterocycles. The van der Waals surface area contributed by atoms with Crippen LogP contribution in [0.15, 0.2) is 42.0 Å². The first kappa shape index (κ1) is 22.1. The Morgan fingerprint density at radius 3 is 2.58 bits per heavy atom. The van der Waals surface area contributed by atoms with Gasteiger partial charge in [0.25, 0.3) is 5.91 Å². The van der Waals surface area contributed by atoms with E-state index < -0.39 is 5.54 Å². The number of piperidine rings is 1. The molecule has 4 amide bonds. The number of imide groups is 1. The van der Waals surface area contributed by atoms with E-state index in [0.717, 1.165) is 36.1 Å².